The van der Waals surface area contributed by atoms with Crippen molar-refractivity contribution in [3.8, 4) is 0 Å². The normalized spacial score (nSPS) is 11.4. The molecule has 2 heterocycles. The van der Waals surface area contributed by atoms with E-state index in [9.17, 15) is 4.79 Å². The van der Waals surface area contributed by atoms with Crippen molar-refractivity contribution in [2.24, 2.45) is 5.10 Å². The van der Waals surface area contributed by atoms with Crippen molar-refractivity contribution in [2.45, 2.75) is 6.92 Å². The summed E-state index contributed by atoms with van der Waals surface area (Å²) >= 11 is 17.8. The van der Waals surface area contributed by atoms with Crippen molar-refractivity contribution < 1.29 is 9.90 Å². The number of hydrogen-bond donors (Lipinski definition) is 2. The zero-order valence-corrected chi connectivity index (χ0v) is 13.4. The molecule has 0 spiro atoms. The number of carboxylic acids is 1. The van der Waals surface area contributed by atoms with Crippen LogP contribution in [0, 0.1) is 0 Å². The van der Waals surface area contributed by atoms with Gasteiger partial charge in [0.25, 0.3) is 0 Å². The van der Waals surface area contributed by atoms with E-state index >= 15 is 0 Å². The number of pyridine rings is 2. The minimum absolute atomic E-state index is 0.0192. The lowest BCUT2D eigenvalue weighted by molar-refractivity contribution is 0.0691. The Morgan fingerprint density at radius 3 is 2.59 bits per heavy atom. The number of carboxylic acid groups (broad SMARTS) is 1. The highest BCUT2D eigenvalue weighted by atomic mass is 35.5. The fraction of sp³-hybridized carbons (Fsp3) is 0.0769. The number of aromatic nitrogens is 2. The number of nitrogens with zero attached hydrogens (tertiary/aromatic N) is 3. The molecule has 0 aliphatic heterocycles. The maximum atomic E-state index is 11.1. The van der Waals surface area contributed by atoms with Crippen molar-refractivity contribution >= 4 is 52.2 Å². The molecule has 2 rings (SSSR count). The summed E-state index contributed by atoms with van der Waals surface area (Å²) in [5, 5.41) is 12.7. The lowest BCUT2D eigenvalue weighted by atomic mass is 10.3. The topological polar surface area (TPSA) is 87.5 Å². The van der Waals surface area contributed by atoms with E-state index in [4.69, 9.17) is 39.9 Å². The zero-order chi connectivity index (χ0) is 16.3. The molecule has 114 valence electrons. The van der Waals surface area contributed by atoms with Crippen molar-refractivity contribution in [2.75, 3.05) is 5.43 Å². The van der Waals surface area contributed by atoms with Crippen LogP contribution in [-0.4, -0.2) is 26.8 Å². The van der Waals surface area contributed by atoms with Crippen LogP contribution in [0.4, 0.5) is 5.69 Å². The van der Waals surface area contributed by atoms with Gasteiger partial charge in [-0.3, -0.25) is 10.4 Å². The molecule has 0 saturated carbocycles. The number of nitrogens with one attached hydrogen (secondary N) is 1. The molecule has 0 atom stereocenters. The van der Waals surface area contributed by atoms with Gasteiger partial charge in [-0.1, -0.05) is 40.9 Å². The number of hydrogen-bond acceptors (Lipinski definition) is 5. The summed E-state index contributed by atoms with van der Waals surface area (Å²) in [6.07, 6.45) is 1.63. The summed E-state index contributed by atoms with van der Waals surface area (Å²) in [4.78, 5) is 18.8. The molecule has 0 aliphatic rings. The summed E-state index contributed by atoms with van der Waals surface area (Å²) < 4.78 is 0. The van der Waals surface area contributed by atoms with E-state index in [0.717, 1.165) is 0 Å². The standard InChI is InChI=1S/C13H9Cl3N4O2/c1-6(7-4-2-3-5-17-7)19-20-10-8(14)11(13(21)22)18-12(16)9(10)15/h2-5H,1H3,(H,18,20)(H,21,22)/b19-6+. The lowest BCUT2D eigenvalue weighted by Gasteiger charge is -2.10. The Balaban J connectivity index is 2.40. The molecule has 6 nitrogen and oxygen atoms in total. The van der Waals surface area contributed by atoms with E-state index in [1.54, 1.807) is 25.3 Å². The summed E-state index contributed by atoms with van der Waals surface area (Å²) in [5.74, 6) is -1.32. The third kappa shape index (κ3) is 3.47. The Morgan fingerprint density at radius 1 is 1.27 bits per heavy atom. The third-order valence-corrected chi connectivity index (χ3v) is 3.72. The molecule has 0 aromatic carbocycles. The van der Waals surface area contributed by atoms with Crippen molar-refractivity contribution in [3.05, 3.63) is 51.0 Å². The van der Waals surface area contributed by atoms with Crippen LogP contribution in [0.3, 0.4) is 0 Å². The van der Waals surface area contributed by atoms with Crippen LogP contribution in [0.2, 0.25) is 15.2 Å². The Kier molecular flexibility index (Phi) is 5.18. The molecular weight excluding hydrogens is 351 g/mol. The molecule has 0 aliphatic carbocycles. The van der Waals surface area contributed by atoms with Crippen molar-refractivity contribution in [1.29, 1.82) is 0 Å². The Bertz CT molecular complexity index is 751. The molecule has 0 fully saturated rings. The van der Waals surface area contributed by atoms with Gasteiger partial charge in [0.2, 0.25) is 0 Å². The summed E-state index contributed by atoms with van der Waals surface area (Å²) in [6, 6.07) is 5.36. The van der Waals surface area contributed by atoms with E-state index in [2.05, 4.69) is 20.5 Å². The van der Waals surface area contributed by atoms with Gasteiger partial charge < -0.3 is 5.11 Å². The maximum Gasteiger partial charge on any atom is 0.356 e. The monoisotopic (exact) mass is 358 g/mol. The summed E-state index contributed by atoms with van der Waals surface area (Å²) in [7, 11) is 0. The van der Waals surface area contributed by atoms with E-state index < -0.39 is 11.7 Å². The van der Waals surface area contributed by atoms with Gasteiger partial charge in [0, 0.05) is 6.20 Å². The van der Waals surface area contributed by atoms with Crippen molar-refractivity contribution in [1.82, 2.24) is 9.97 Å². The van der Waals surface area contributed by atoms with Crippen LogP contribution in [0.5, 0.6) is 0 Å². The van der Waals surface area contributed by atoms with E-state index in [0.29, 0.717) is 11.4 Å². The molecule has 0 unspecified atom stereocenters. The molecule has 0 radical (unpaired) electrons. The molecule has 0 saturated heterocycles. The number of aromatic carboxylic acids is 1. The Morgan fingerprint density at radius 2 is 2.00 bits per heavy atom. The molecule has 22 heavy (non-hydrogen) atoms. The third-order valence-electron chi connectivity index (χ3n) is 2.61. The summed E-state index contributed by atoms with van der Waals surface area (Å²) in [5.41, 5.74) is 3.46. The second kappa shape index (κ2) is 6.91. The van der Waals surface area contributed by atoms with E-state index in [1.807, 2.05) is 6.07 Å². The fourth-order valence-electron chi connectivity index (χ4n) is 1.53. The van der Waals surface area contributed by atoms with Crippen molar-refractivity contribution in [3.63, 3.8) is 0 Å². The Hall–Kier alpha value is -1.89. The smallest absolute Gasteiger partial charge is 0.356 e. The minimum atomic E-state index is -1.32. The van der Waals surface area contributed by atoms with Crippen LogP contribution in [0.25, 0.3) is 0 Å². The zero-order valence-electron chi connectivity index (χ0n) is 11.1. The predicted octanol–water partition coefficient (Wildman–Crippen LogP) is 3.97. The SMILES string of the molecule is C/C(=N\Nc1c(Cl)c(Cl)nc(C(=O)O)c1Cl)c1ccccn1. The van der Waals surface area contributed by atoms with Gasteiger partial charge in [-0.25, -0.2) is 9.78 Å². The number of hydrazone groups is 1. The van der Waals surface area contributed by atoms with Gasteiger partial charge in [-0.2, -0.15) is 5.10 Å². The molecule has 2 N–H and O–H groups in total. The van der Waals surface area contributed by atoms with Gasteiger partial charge in [0.15, 0.2) is 10.8 Å². The van der Waals surface area contributed by atoms with E-state index in [-0.39, 0.29) is 20.9 Å². The molecule has 0 bridgehead atoms. The van der Waals surface area contributed by atoms with Gasteiger partial charge in [0.05, 0.1) is 17.1 Å². The highest BCUT2D eigenvalue weighted by molar-refractivity contribution is 6.46. The second-order valence-corrected chi connectivity index (χ2v) is 5.20. The molecule has 2 aromatic heterocycles. The first-order valence-electron chi connectivity index (χ1n) is 5.91. The number of anilines is 1. The molecule has 0 amide bonds. The lowest BCUT2D eigenvalue weighted by Crippen LogP contribution is -2.07. The van der Waals surface area contributed by atoms with Gasteiger partial charge in [-0.15, -0.1) is 0 Å². The van der Waals surface area contributed by atoms with Crippen LogP contribution < -0.4 is 5.43 Å². The first-order chi connectivity index (χ1) is 10.4. The molecular formula is C13H9Cl3N4O2. The highest BCUT2D eigenvalue weighted by Crippen LogP contribution is 2.36. The number of rotatable bonds is 4. The van der Waals surface area contributed by atoms with E-state index in [1.165, 1.54) is 0 Å². The van der Waals surface area contributed by atoms with Crippen LogP contribution in [0.15, 0.2) is 29.5 Å². The maximum absolute atomic E-state index is 11.1. The minimum Gasteiger partial charge on any atom is -0.476 e. The highest BCUT2D eigenvalue weighted by Gasteiger charge is 2.20. The van der Waals surface area contributed by atoms with Gasteiger partial charge >= 0.3 is 5.97 Å². The average Bonchev–Trinajstić information content (AvgIpc) is 2.51. The largest absolute Gasteiger partial charge is 0.476 e. The molecule has 2 aromatic rings. The van der Waals surface area contributed by atoms with Gasteiger partial charge in [-0.05, 0) is 19.1 Å². The van der Waals surface area contributed by atoms with Crippen LogP contribution in [-0.2, 0) is 0 Å². The quantitative estimate of drug-likeness (QED) is 0.490. The number of carbonyl (C=O) groups is 1. The first kappa shape index (κ1) is 16.5. The Labute approximate surface area is 140 Å². The van der Waals surface area contributed by atoms with Gasteiger partial charge in [0.1, 0.15) is 10.0 Å². The predicted molar refractivity (Wildman–Crippen MR) is 86.3 cm³/mol. The first-order valence-corrected chi connectivity index (χ1v) is 7.04. The number of halogens is 3. The fourth-order valence-corrected chi connectivity index (χ4v) is 2.19. The van der Waals surface area contributed by atoms with Crippen LogP contribution >= 0.6 is 34.8 Å². The average molecular weight is 360 g/mol. The second-order valence-electron chi connectivity index (χ2n) is 4.08. The van der Waals surface area contributed by atoms with Crippen LogP contribution in [0.1, 0.15) is 23.1 Å². The summed E-state index contributed by atoms with van der Waals surface area (Å²) in [6.45, 7) is 1.72. The molecule has 9 heteroatoms.